The number of nitrogens with zero attached hydrogens (tertiary/aromatic N) is 1. The molecule has 1 unspecified atom stereocenters. The van der Waals surface area contributed by atoms with Crippen LogP contribution in [0.3, 0.4) is 0 Å². The zero-order valence-corrected chi connectivity index (χ0v) is 17.0. The van der Waals surface area contributed by atoms with E-state index in [0.717, 1.165) is 33.9 Å². The van der Waals surface area contributed by atoms with Gasteiger partial charge in [-0.05, 0) is 46.9 Å². The third kappa shape index (κ3) is 2.93. The van der Waals surface area contributed by atoms with Gasteiger partial charge in [-0.3, -0.25) is 9.79 Å². The van der Waals surface area contributed by atoms with Crippen LogP contribution in [0.5, 0.6) is 11.5 Å². The van der Waals surface area contributed by atoms with E-state index in [1.807, 2.05) is 30.3 Å². The standard InChI is InChI=1S/C24H19NO3S/c1-27-16-7-9-20(28-2)18(12-16)22-19(26)8-10-21-24(22)25-23-15(13-29-21)11-14-5-3-4-6-17(14)23/h3-10,12-13,22H,11H2,1-2H3. The van der Waals surface area contributed by atoms with Gasteiger partial charge in [0.05, 0.1) is 31.5 Å². The third-order valence-electron chi connectivity index (χ3n) is 5.48. The molecule has 29 heavy (non-hydrogen) atoms. The van der Waals surface area contributed by atoms with Crippen LogP contribution in [0.25, 0.3) is 0 Å². The summed E-state index contributed by atoms with van der Waals surface area (Å²) in [6.07, 6.45) is 4.39. The lowest BCUT2D eigenvalue weighted by molar-refractivity contribution is -0.115. The quantitative estimate of drug-likeness (QED) is 0.740. The maximum absolute atomic E-state index is 13.1. The summed E-state index contributed by atoms with van der Waals surface area (Å²) in [4.78, 5) is 19.1. The average Bonchev–Trinajstić information content (AvgIpc) is 3.00. The van der Waals surface area contributed by atoms with E-state index in [2.05, 4.69) is 23.6 Å². The number of thioether (sulfide) groups is 1. The average molecular weight is 401 g/mol. The molecule has 0 saturated carbocycles. The molecule has 0 spiro atoms. The van der Waals surface area contributed by atoms with E-state index in [4.69, 9.17) is 14.5 Å². The first-order chi connectivity index (χ1) is 14.2. The summed E-state index contributed by atoms with van der Waals surface area (Å²) in [5.74, 6) is 0.806. The maximum atomic E-state index is 13.1. The van der Waals surface area contributed by atoms with E-state index in [1.54, 1.807) is 32.1 Å². The van der Waals surface area contributed by atoms with Crippen molar-refractivity contribution >= 4 is 23.3 Å². The van der Waals surface area contributed by atoms with E-state index in [-0.39, 0.29) is 5.78 Å². The Morgan fingerprint density at radius 1 is 1.07 bits per heavy atom. The summed E-state index contributed by atoms with van der Waals surface area (Å²) in [6.45, 7) is 0. The van der Waals surface area contributed by atoms with Gasteiger partial charge < -0.3 is 9.47 Å². The molecule has 5 heteroatoms. The second kappa shape index (κ2) is 7.08. The highest BCUT2D eigenvalue weighted by Crippen LogP contribution is 2.45. The third-order valence-corrected chi connectivity index (χ3v) is 6.48. The first-order valence-electron chi connectivity index (χ1n) is 9.40. The summed E-state index contributed by atoms with van der Waals surface area (Å²) in [6, 6.07) is 13.9. The summed E-state index contributed by atoms with van der Waals surface area (Å²) in [5, 5.41) is 2.17. The summed E-state index contributed by atoms with van der Waals surface area (Å²) in [5.41, 5.74) is 6.12. The van der Waals surface area contributed by atoms with Crippen molar-refractivity contribution in [1.82, 2.24) is 0 Å². The Morgan fingerprint density at radius 2 is 1.93 bits per heavy atom. The normalized spacial score (nSPS) is 19.7. The molecule has 0 bridgehead atoms. The van der Waals surface area contributed by atoms with Gasteiger partial charge in [0.1, 0.15) is 11.5 Å². The maximum Gasteiger partial charge on any atom is 0.169 e. The highest BCUT2D eigenvalue weighted by molar-refractivity contribution is 8.06. The fraction of sp³-hybridized carbons (Fsp3) is 0.167. The Bertz CT molecular complexity index is 1160. The first kappa shape index (κ1) is 18.0. The van der Waals surface area contributed by atoms with Crippen LogP contribution < -0.4 is 9.47 Å². The molecule has 3 aliphatic rings. The predicted octanol–water partition coefficient (Wildman–Crippen LogP) is 4.81. The highest BCUT2D eigenvalue weighted by atomic mass is 32.2. The molecular weight excluding hydrogens is 382 g/mol. The van der Waals surface area contributed by atoms with Crippen molar-refractivity contribution in [3.8, 4) is 11.5 Å². The van der Waals surface area contributed by atoms with Gasteiger partial charge in [0.25, 0.3) is 0 Å². The number of benzene rings is 2. The second-order valence-electron chi connectivity index (χ2n) is 7.08. The minimum absolute atomic E-state index is 0.00464. The molecule has 2 aliphatic carbocycles. The molecule has 0 aromatic heterocycles. The molecule has 0 amide bonds. The minimum Gasteiger partial charge on any atom is -0.497 e. The fourth-order valence-electron chi connectivity index (χ4n) is 4.05. The number of fused-ring (bicyclic) bond motifs is 3. The number of rotatable bonds is 3. The van der Waals surface area contributed by atoms with Gasteiger partial charge in [-0.15, -0.1) is 0 Å². The van der Waals surface area contributed by atoms with Gasteiger partial charge in [-0.25, -0.2) is 0 Å². The summed E-state index contributed by atoms with van der Waals surface area (Å²) >= 11 is 1.63. The lowest BCUT2D eigenvalue weighted by Gasteiger charge is -2.23. The molecule has 5 rings (SSSR count). The number of carbonyl (C=O) groups excluding carboxylic acids is 1. The molecule has 1 heterocycles. The van der Waals surface area contributed by atoms with E-state index in [9.17, 15) is 4.79 Å². The fourth-order valence-corrected chi connectivity index (χ4v) is 4.95. The number of hydrogen-bond donors (Lipinski definition) is 0. The number of carbonyl (C=O) groups is 1. The molecular formula is C24H19NO3S. The molecule has 0 radical (unpaired) electrons. The molecule has 1 atom stereocenters. The predicted molar refractivity (Wildman–Crippen MR) is 116 cm³/mol. The van der Waals surface area contributed by atoms with Crippen LogP contribution >= 0.6 is 11.8 Å². The van der Waals surface area contributed by atoms with Gasteiger partial charge in [-0.1, -0.05) is 36.0 Å². The van der Waals surface area contributed by atoms with Crippen LogP contribution in [0.2, 0.25) is 0 Å². The lowest BCUT2D eigenvalue weighted by atomic mass is 9.87. The Balaban J connectivity index is 1.70. The number of ether oxygens (including phenoxy) is 2. The van der Waals surface area contributed by atoms with Crippen molar-refractivity contribution in [1.29, 1.82) is 0 Å². The van der Waals surface area contributed by atoms with Gasteiger partial charge in [0.15, 0.2) is 5.78 Å². The van der Waals surface area contributed by atoms with Crippen molar-refractivity contribution in [2.45, 2.75) is 12.3 Å². The summed E-state index contributed by atoms with van der Waals surface area (Å²) in [7, 11) is 3.23. The molecule has 0 N–H and O–H groups in total. The molecule has 2 aromatic carbocycles. The van der Waals surface area contributed by atoms with E-state index < -0.39 is 5.92 Å². The van der Waals surface area contributed by atoms with E-state index in [0.29, 0.717) is 11.5 Å². The van der Waals surface area contributed by atoms with Crippen LogP contribution in [0.1, 0.15) is 22.6 Å². The molecule has 0 fully saturated rings. The summed E-state index contributed by atoms with van der Waals surface area (Å²) < 4.78 is 11.0. The van der Waals surface area contributed by atoms with Crippen molar-refractivity contribution in [3.05, 3.63) is 92.9 Å². The second-order valence-corrected chi connectivity index (χ2v) is 7.99. The van der Waals surface area contributed by atoms with Crippen LogP contribution in [0.15, 0.2) is 81.2 Å². The number of methoxy groups -OCH3 is 2. The molecule has 4 nitrogen and oxygen atoms in total. The molecule has 0 saturated heterocycles. The number of allylic oxidation sites excluding steroid dienone is 4. The lowest BCUT2D eigenvalue weighted by Crippen LogP contribution is -2.18. The van der Waals surface area contributed by atoms with Crippen molar-refractivity contribution in [2.75, 3.05) is 14.2 Å². The molecule has 1 aliphatic heterocycles. The van der Waals surface area contributed by atoms with E-state index in [1.165, 1.54) is 11.1 Å². The molecule has 144 valence electrons. The van der Waals surface area contributed by atoms with Crippen molar-refractivity contribution < 1.29 is 14.3 Å². The van der Waals surface area contributed by atoms with Gasteiger partial charge in [0.2, 0.25) is 0 Å². The van der Waals surface area contributed by atoms with Gasteiger partial charge >= 0.3 is 0 Å². The van der Waals surface area contributed by atoms with Crippen molar-refractivity contribution in [2.24, 2.45) is 4.99 Å². The zero-order chi connectivity index (χ0) is 20.0. The van der Waals surface area contributed by atoms with E-state index >= 15 is 0 Å². The number of aliphatic imine (C=N–C) groups is 1. The number of hydrogen-bond acceptors (Lipinski definition) is 5. The van der Waals surface area contributed by atoms with Crippen molar-refractivity contribution in [3.63, 3.8) is 0 Å². The van der Waals surface area contributed by atoms with Crippen LogP contribution in [0, 0.1) is 0 Å². The Labute approximate surface area is 173 Å². The molecule has 2 aromatic rings. The van der Waals surface area contributed by atoms with Crippen LogP contribution in [0.4, 0.5) is 0 Å². The smallest absolute Gasteiger partial charge is 0.169 e. The Morgan fingerprint density at radius 3 is 2.76 bits per heavy atom. The van der Waals surface area contributed by atoms with Gasteiger partial charge in [0, 0.05) is 22.5 Å². The topological polar surface area (TPSA) is 47.9 Å². The SMILES string of the molecule is COc1ccc(OC)c(C2C(=O)C=CC3=C2N=C2C(=CS3)Cc3ccccc32)c1. The largest absolute Gasteiger partial charge is 0.497 e. The van der Waals surface area contributed by atoms with Crippen LogP contribution in [-0.2, 0) is 11.2 Å². The van der Waals surface area contributed by atoms with Gasteiger partial charge in [-0.2, -0.15) is 0 Å². The monoisotopic (exact) mass is 401 g/mol. The Kier molecular flexibility index (Phi) is 4.40. The minimum atomic E-state index is -0.527. The number of ketones is 1. The zero-order valence-electron chi connectivity index (χ0n) is 16.1. The Hall–Kier alpha value is -3.05. The highest BCUT2D eigenvalue weighted by Gasteiger charge is 2.34. The van der Waals surface area contributed by atoms with Crippen LogP contribution in [-0.4, -0.2) is 25.7 Å². The first-order valence-corrected chi connectivity index (χ1v) is 10.3.